The summed E-state index contributed by atoms with van der Waals surface area (Å²) >= 11 is 7.38. The number of ketones is 1. The Kier molecular flexibility index (Phi) is 5.32. The summed E-state index contributed by atoms with van der Waals surface area (Å²) < 4.78 is 19.0. The molecule has 0 spiro atoms. The van der Waals surface area contributed by atoms with Crippen molar-refractivity contribution in [1.82, 2.24) is 0 Å². The maximum atomic E-state index is 13.8. The number of hydrogen-bond donors (Lipinski definition) is 1. The fourth-order valence-electron chi connectivity index (χ4n) is 3.40. The molecule has 30 heavy (non-hydrogen) atoms. The van der Waals surface area contributed by atoms with E-state index in [9.17, 15) is 19.1 Å². The molecule has 1 N–H and O–H groups in total. The molecule has 1 aliphatic rings. The fraction of sp³-hybridized carbons (Fsp3) is 0.0909. The third-order valence-corrected chi connectivity index (χ3v) is 6.01. The maximum absolute atomic E-state index is 13.8. The monoisotopic (exact) mass is 443 g/mol. The molecular weight excluding hydrogens is 429 g/mol. The van der Waals surface area contributed by atoms with Crippen LogP contribution < -0.4 is 9.64 Å². The van der Waals surface area contributed by atoms with Crippen molar-refractivity contribution in [1.29, 1.82) is 0 Å². The van der Waals surface area contributed by atoms with Crippen LogP contribution in [0.25, 0.3) is 5.76 Å². The predicted octanol–water partition coefficient (Wildman–Crippen LogP) is 5.18. The van der Waals surface area contributed by atoms with E-state index < -0.39 is 23.5 Å². The van der Waals surface area contributed by atoms with Gasteiger partial charge in [0, 0.05) is 16.1 Å². The number of rotatable bonds is 4. The summed E-state index contributed by atoms with van der Waals surface area (Å²) in [5.41, 5.74) is 0.411. The second-order valence-electron chi connectivity index (χ2n) is 6.51. The van der Waals surface area contributed by atoms with E-state index in [1.807, 2.05) is 0 Å². The number of halogens is 2. The van der Waals surface area contributed by atoms with E-state index >= 15 is 0 Å². The number of amides is 1. The summed E-state index contributed by atoms with van der Waals surface area (Å²) in [4.78, 5) is 27.7. The third kappa shape index (κ3) is 3.36. The predicted molar refractivity (Wildman–Crippen MR) is 114 cm³/mol. The third-order valence-electron chi connectivity index (χ3n) is 4.77. The minimum Gasteiger partial charge on any atom is -0.507 e. The molecule has 2 aromatic carbocycles. The quantitative estimate of drug-likeness (QED) is 0.343. The Morgan fingerprint density at radius 3 is 2.63 bits per heavy atom. The second-order valence-corrected chi connectivity index (χ2v) is 7.90. The van der Waals surface area contributed by atoms with Gasteiger partial charge in [-0.05, 0) is 47.8 Å². The van der Waals surface area contributed by atoms with Crippen LogP contribution in [-0.4, -0.2) is 23.9 Å². The number of ether oxygens (including phenoxy) is 1. The van der Waals surface area contributed by atoms with E-state index in [1.165, 1.54) is 59.7 Å². The standard InChI is InChI=1S/C22H15ClFNO4S/c1-29-16-10-12(7-8-15(16)23)20(26)18-19(17-6-3-9-30-17)25(22(28)21(18)27)14-5-2-4-13(24)11-14/h2-11,19,26H,1H3/b20-18-. The number of aliphatic hydroxyl groups is 1. The summed E-state index contributed by atoms with van der Waals surface area (Å²) in [6.07, 6.45) is 0. The summed E-state index contributed by atoms with van der Waals surface area (Å²) in [6.45, 7) is 0. The fourth-order valence-corrected chi connectivity index (χ4v) is 4.42. The van der Waals surface area contributed by atoms with Crippen LogP contribution in [0.4, 0.5) is 10.1 Å². The highest BCUT2D eigenvalue weighted by Crippen LogP contribution is 2.44. The first-order valence-electron chi connectivity index (χ1n) is 8.86. The molecule has 3 aromatic rings. The van der Waals surface area contributed by atoms with Crippen molar-refractivity contribution in [2.75, 3.05) is 12.0 Å². The first-order valence-corrected chi connectivity index (χ1v) is 10.1. The molecule has 1 aliphatic heterocycles. The van der Waals surface area contributed by atoms with Crippen molar-refractivity contribution >= 4 is 46.1 Å². The van der Waals surface area contributed by atoms with E-state index in [-0.39, 0.29) is 22.6 Å². The molecule has 0 radical (unpaired) electrons. The van der Waals surface area contributed by atoms with Crippen molar-refractivity contribution in [2.24, 2.45) is 0 Å². The Morgan fingerprint density at radius 1 is 1.17 bits per heavy atom. The van der Waals surface area contributed by atoms with Gasteiger partial charge < -0.3 is 9.84 Å². The number of Topliss-reactive ketones (excluding diaryl/α,β-unsaturated/α-hetero) is 1. The molecule has 4 rings (SSSR count). The average Bonchev–Trinajstić information content (AvgIpc) is 3.35. The normalized spacial score (nSPS) is 18.1. The molecule has 5 nitrogen and oxygen atoms in total. The van der Waals surface area contributed by atoms with E-state index in [0.717, 1.165) is 0 Å². The molecule has 0 bridgehead atoms. The molecule has 1 atom stereocenters. The van der Waals surface area contributed by atoms with Gasteiger partial charge in [-0.25, -0.2) is 4.39 Å². The van der Waals surface area contributed by atoms with Crippen LogP contribution in [0.15, 0.2) is 65.6 Å². The average molecular weight is 444 g/mol. The molecule has 0 aliphatic carbocycles. The molecular formula is C22H15ClFNO4S. The van der Waals surface area contributed by atoms with Gasteiger partial charge in [0.15, 0.2) is 0 Å². The molecule has 1 saturated heterocycles. The summed E-state index contributed by atoms with van der Waals surface area (Å²) in [5, 5.41) is 13.2. The van der Waals surface area contributed by atoms with Gasteiger partial charge in [-0.3, -0.25) is 14.5 Å². The van der Waals surface area contributed by atoms with Crippen LogP contribution in [0.2, 0.25) is 5.02 Å². The smallest absolute Gasteiger partial charge is 0.300 e. The lowest BCUT2D eigenvalue weighted by Crippen LogP contribution is -2.29. The Labute approximate surface area is 180 Å². The summed E-state index contributed by atoms with van der Waals surface area (Å²) in [5.74, 6) is -2.29. The SMILES string of the molecule is COc1cc(/C(O)=C2/C(=O)C(=O)N(c3cccc(F)c3)C2c2cccs2)ccc1Cl. The van der Waals surface area contributed by atoms with Crippen molar-refractivity contribution in [3.8, 4) is 5.75 Å². The van der Waals surface area contributed by atoms with Crippen LogP contribution in [0.3, 0.4) is 0 Å². The lowest BCUT2D eigenvalue weighted by molar-refractivity contribution is -0.132. The molecule has 1 amide bonds. The number of aliphatic hydroxyl groups excluding tert-OH is 1. The van der Waals surface area contributed by atoms with Crippen LogP contribution in [-0.2, 0) is 9.59 Å². The van der Waals surface area contributed by atoms with Crippen molar-refractivity contribution in [3.63, 3.8) is 0 Å². The zero-order valence-corrected chi connectivity index (χ0v) is 17.2. The minimum absolute atomic E-state index is 0.0870. The van der Waals surface area contributed by atoms with E-state index in [0.29, 0.717) is 15.6 Å². The molecule has 8 heteroatoms. The summed E-state index contributed by atoms with van der Waals surface area (Å²) in [7, 11) is 1.43. The number of nitrogens with zero attached hydrogens (tertiary/aromatic N) is 1. The zero-order valence-electron chi connectivity index (χ0n) is 15.6. The molecule has 152 valence electrons. The van der Waals surface area contributed by atoms with Gasteiger partial charge in [0.2, 0.25) is 0 Å². The molecule has 1 unspecified atom stereocenters. The Bertz CT molecular complexity index is 1180. The van der Waals surface area contributed by atoms with Crippen LogP contribution in [0, 0.1) is 5.82 Å². The minimum atomic E-state index is -0.895. The summed E-state index contributed by atoms with van der Waals surface area (Å²) in [6, 6.07) is 12.6. The first kappa shape index (κ1) is 20.1. The molecule has 2 heterocycles. The Balaban J connectivity index is 1.93. The number of carbonyl (C=O) groups is 2. The van der Waals surface area contributed by atoms with Gasteiger partial charge in [-0.1, -0.05) is 23.7 Å². The van der Waals surface area contributed by atoms with Crippen molar-refractivity contribution in [3.05, 3.63) is 86.8 Å². The Hall–Kier alpha value is -3.16. The number of thiophene rings is 1. The lowest BCUT2D eigenvalue weighted by atomic mass is 9.99. The van der Waals surface area contributed by atoms with Gasteiger partial charge in [0.25, 0.3) is 11.7 Å². The van der Waals surface area contributed by atoms with Gasteiger partial charge in [0.1, 0.15) is 23.4 Å². The lowest BCUT2D eigenvalue weighted by Gasteiger charge is -2.24. The Morgan fingerprint density at radius 2 is 1.97 bits per heavy atom. The zero-order chi connectivity index (χ0) is 21.4. The maximum Gasteiger partial charge on any atom is 0.300 e. The highest BCUT2D eigenvalue weighted by molar-refractivity contribution is 7.10. The van der Waals surface area contributed by atoms with Crippen LogP contribution in [0.5, 0.6) is 5.75 Å². The highest BCUT2D eigenvalue weighted by Gasteiger charge is 2.47. The van der Waals surface area contributed by atoms with E-state index in [4.69, 9.17) is 16.3 Å². The van der Waals surface area contributed by atoms with Crippen molar-refractivity contribution in [2.45, 2.75) is 6.04 Å². The van der Waals surface area contributed by atoms with Crippen molar-refractivity contribution < 1.29 is 23.8 Å². The van der Waals surface area contributed by atoms with Gasteiger partial charge in [-0.15, -0.1) is 11.3 Å². The molecule has 1 aromatic heterocycles. The topological polar surface area (TPSA) is 66.8 Å². The van der Waals surface area contributed by atoms with Gasteiger partial charge in [-0.2, -0.15) is 0 Å². The van der Waals surface area contributed by atoms with Crippen LogP contribution in [0.1, 0.15) is 16.5 Å². The van der Waals surface area contributed by atoms with E-state index in [2.05, 4.69) is 0 Å². The molecule has 0 saturated carbocycles. The molecule has 1 fully saturated rings. The van der Waals surface area contributed by atoms with Gasteiger partial charge >= 0.3 is 0 Å². The number of benzene rings is 2. The second kappa shape index (κ2) is 7.93. The number of methoxy groups -OCH3 is 1. The van der Waals surface area contributed by atoms with Gasteiger partial charge in [0.05, 0.1) is 17.7 Å². The van der Waals surface area contributed by atoms with Crippen LogP contribution >= 0.6 is 22.9 Å². The number of carbonyl (C=O) groups excluding carboxylic acids is 2. The first-order chi connectivity index (χ1) is 14.4. The number of hydrogen-bond acceptors (Lipinski definition) is 5. The number of anilines is 1. The highest BCUT2D eigenvalue weighted by atomic mass is 35.5. The van der Waals surface area contributed by atoms with E-state index in [1.54, 1.807) is 23.6 Å². The largest absolute Gasteiger partial charge is 0.507 e.